The molecule has 2 aromatic carbocycles. The van der Waals surface area contributed by atoms with Gasteiger partial charge in [-0.1, -0.05) is 41.4 Å². The first-order valence-corrected chi connectivity index (χ1v) is 10.1. The topological polar surface area (TPSA) is 44.8 Å². The number of benzene rings is 2. The number of thiocarbonyl (C=S) groups is 1. The molecule has 0 spiro atoms. The molecular weight excluding hydrogens is 417 g/mol. The molecule has 8 heteroatoms. The van der Waals surface area contributed by atoms with Gasteiger partial charge in [-0.2, -0.15) is 0 Å². The lowest BCUT2D eigenvalue weighted by molar-refractivity contribution is -0.121. The van der Waals surface area contributed by atoms with Gasteiger partial charge in [0, 0.05) is 13.1 Å². The number of anilines is 2. The second-order valence-electron chi connectivity index (χ2n) is 6.92. The fourth-order valence-electron chi connectivity index (χ4n) is 3.59. The lowest BCUT2D eigenvalue weighted by Crippen LogP contribution is -2.41. The first-order valence-electron chi connectivity index (χ1n) is 8.96. The molecule has 2 aliphatic rings. The van der Waals surface area contributed by atoms with Gasteiger partial charge in [-0.05, 0) is 49.0 Å². The van der Waals surface area contributed by atoms with Gasteiger partial charge in [-0.15, -0.1) is 0 Å². The third-order valence-electron chi connectivity index (χ3n) is 5.13. The molecular formula is C20H19Cl2N3O2S. The second-order valence-corrected chi connectivity index (χ2v) is 8.12. The summed E-state index contributed by atoms with van der Waals surface area (Å²) in [4.78, 5) is 16.9. The van der Waals surface area contributed by atoms with Crippen molar-refractivity contribution in [2.75, 3.05) is 36.1 Å². The number of para-hydroxylation sites is 1. The second kappa shape index (κ2) is 7.52. The van der Waals surface area contributed by atoms with E-state index in [0.717, 1.165) is 24.5 Å². The molecule has 0 radical (unpaired) electrons. The van der Waals surface area contributed by atoms with Gasteiger partial charge in [0.25, 0.3) is 5.91 Å². The molecule has 0 saturated carbocycles. The highest BCUT2D eigenvalue weighted by molar-refractivity contribution is 7.80. The zero-order valence-corrected chi connectivity index (χ0v) is 17.6. The van der Waals surface area contributed by atoms with E-state index in [9.17, 15) is 4.79 Å². The van der Waals surface area contributed by atoms with Crippen molar-refractivity contribution in [2.45, 2.75) is 12.5 Å². The van der Waals surface area contributed by atoms with Gasteiger partial charge in [0.2, 0.25) is 0 Å². The van der Waals surface area contributed by atoms with Crippen molar-refractivity contribution in [2.24, 2.45) is 0 Å². The smallest absolute Gasteiger partial charge is 0.263 e. The van der Waals surface area contributed by atoms with Gasteiger partial charge in [0.05, 0.1) is 34.6 Å². The molecule has 0 aliphatic carbocycles. The number of rotatable bonds is 3. The van der Waals surface area contributed by atoms with Crippen molar-refractivity contribution in [3.8, 4) is 0 Å². The van der Waals surface area contributed by atoms with Crippen LogP contribution in [0.25, 0.3) is 0 Å². The predicted molar refractivity (Wildman–Crippen MR) is 117 cm³/mol. The summed E-state index contributed by atoms with van der Waals surface area (Å²) in [6.45, 7) is 4.50. The van der Waals surface area contributed by atoms with Gasteiger partial charge < -0.3 is 15.0 Å². The minimum atomic E-state index is -1.05. The average Bonchev–Trinajstić information content (AvgIpc) is 2.92. The first-order chi connectivity index (χ1) is 13.4. The first kappa shape index (κ1) is 19.5. The summed E-state index contributed by atoms with van der Waals surface area (Å²) in [5.41, 5.74) is 1.11. The van der Waals surface area contributed by atoms with E-state index in [1.165, 1.54) is 4.90 Å². The van der Waals surface area contributed by atoms with Crippen LogP contribution >= 0.6 is 35.4 Å². The highest BCUT2D eigenvalue weighted by atomic mass is 35.5. The van der Waals surface area contributed by atoms with E-state index in [-0.39, 0.29) is 5.91 Å². The molecule has 28 heavy (non-hydrogen) atoms. The summed E-state index contributed by atoms with van der Waals surface area (Å²) in [7, 11) is 0. The molecule has 0 bridgehead atoms. The zero-order chi connectivity index (χ0) is 19.9. The summed E-state index contributed by atoms with van der Waals surface area (Å²) in [5.74, 6) is -0.171. The molecule has 146 valence electrons. The number of hydrogen-bond acceptors (Lipinski definition) is 4. The van der Waals surface area contributed by atoms with Crippen molar-refractivity contribution < 1.29 is 9.53 Å². The number of halogens is 2. The SMILES string of the molecule is CC1(c2cc(Cl)c(N3CCOCC3)c(Cl)c2)NC(=S)N(c2ccccc2)C1=O. The van der Waals surface area contributed by atoms with Crippen LogP contribution in [-0.2, 0) is 15.1 Å². The van der Waals surface area contributed by atoms with Crippen molar-refractivity contribution >= 4 is 57.8 Å². The minimum Gasteiger partial charge on any atom is -0.378 e. The number of morpholine rings is 1. The van der Waals surface area contributed by atoms with E-state index in [1.54, 1.807) is 19.1 Å². The Morgan fingerprint density at radius 2 is 1.71 bits per heavy atom. The maximum absolute atomic E-state index is 13.3. The largest absolute Gasteiger partial charge is 0.378 e. The van der Waals surface area contributed by atoms with E-state index in [0.29, 0.717) is 33.9 Å². The van der Waals surface area contributed by atoms with Crippen LogP contribution in [0.15, 0.2) is 42.5 Å². The van der Waals surface area contributed by atoms with Gasteiger partial charge in [-0.25, -0.2) is 0 Å². The molecule has 1 unspecified atom stereocenters. The normalized spacial score (nSPS) is 22.5. The third-order valence-corrected chi connectivity index (χ3v) is 5.99. The Bertz CT molecular complexity index is 911. The monoisotopic (exact) mass is 435 g/mol. The number of carbonyl (C=O) groups excluding carboxylic acids is 1. The standard InChI is InChI=1S/C20H19Cl2N3O2S/c1-20(18(26)25(19(28)23-20)14-5-3-2-4-6-14)13-11-15(21)17(16(22)12-13)24-7-9-27-10-8-24/h2-6,11-12H,7-10H2,1H3,(H,23,28). The molecule has 2 saturated heterocycles. The summed E-state index contributed by atoms with van der Waals surface area (Å²) in [5, 5.41) is 4.51. The van der Waals surface area contributed by atoms with E-state index < -0.39 is 5.54 Å². The molecule has 5 nitrogen and oxygen atoms in total. The van der Waals surface area contributed by atoms with Crippen LogP contribution < -0.4 is 15.1 Å². The average molecular weight is 436 g/mol. The van der Waals surface area contributed by atoms with Crippen LogP contribution in [0, 0.1) is 0 Å². The minimum absolute atomic E-state index is 0.171. The number of nitrogens with one attached hydrogen (secondary N) is 1. The van der Waals surface area contributed by atoms with Crippen molar-refractivity contribution in [1.82, 2.24) is 5.32 Å². The lowest BCUT2D eigenvalue weighted by Gasteiger charge is -2.31. The van der Waals surface area contributed by atoms with E-state index in [2.05, 4.69) is 10.2 Å². The Hall–Kier alpha value is -1.86. The summed E-state index contributed by atoms with van der Waals surface area (Å²) in [6, 6.07) is 12.9. The van der Waals surface area contributed by atoms with Crippen LogP contribution in [0.4, 0.5) is 11.4 Å². The van der Waals surface area contributed by atoms with Crippen LogP contribution in [0.2, 0.25) is 10.0 Å². The highest BCUT2D eigenvalue weighted by Gasteiger charge is 2.48. The number of hydrogen-bond donors (Lipinski definition) is 1. The molecule has 2 aliphatic heterocycles. The van der Waals surface area contributed by atoms with E-state index in [1.807, 2.05) is 30.3 Å². The molecule has 1 amide bonds. The number of nitrogens with zero attached hydrogens (tertiary/aromatic N) is 2. The number of amides is 1. The molecule has 2 fully saturated rings. The Kier molecular flexibility index (Phi) is 5.22. The molecule has 4 rings (SSSR count). The maximum atomic E-state index is 13.3. The van der Waals surface area contributed by atoms with Gasteiger partial charge >= 0.3 is 0 Å². The van der Waals surface area contributed by atoms with Crippen LogP contribution in [0.3, 0.4) is 0 Å². The van der Waals surface area contributed by atoms with Crippen LogP contribution in [0.1, 0.15) is 12.5 Å². The van der Waals surface area contributed by atoms with E-state index in [4.69, 9.17) is 40.2 Å². The molecule has 1 atom stereocenters. The van der Waals surface area contributed by atoms with E-state index >= 15 is 0 Å². The summed E-state index contributed by atoms with van der Waals surface area (Å²) < 4.78 is 5.40. The third kappa shape index (κ3) is 3.24. The van der Waals surface area contributed by atoms with Gasteiger partial charge in [-0.3, -0.25) is 9.69 Å². The maximum Gasteiger partial charge on any atom is 0.263 e. The number of carbonyl (C=O) groups is 1. The van der Waals surface area contributed by atoms with Crippen molar-refractivity contribution in [3.63, 3.8) is 0 Å². The Labute approximate surface area is 179 Å². The van der Waals surface area contributed by atoms with Gasteiger partial charge in [0.1, 0.15) is 5.54 Å². The fourth-order valence-corrected chi connectivity index (χ4v) is 4.71. The molecule has 0 aromatic heterocycles. The number of ether oxygens (including phenoxy) is 1. The van der Waals surface area contributed by atoms with Crippen molar-refractivity contribution in [1.29, 1.82) is 0 Å². The Morgan fingerprint density at radius 1 is 1.11 bits per heavy atom. The van der Waals surface area contributed by atoms with Crippen LogP contribution in [-0.4, -0.2) is 37.3 Å². The fraction of sp³-hybridized carbons (Fsp3) is 0.300. The summed E-state index contributed by atoms with van der Waals surface area (Å²) >= 11 is 18.6. The van der Waals surface area contributed by atoms with Crippen molar-refractivity contribution in [3.05, 3.63) is 58.1 Å². The van der Waals surface area contributed by atoms with Gasteiger partial charge in [0.15, 0.2) is 5.11 Å². The molecule has 2 aromatic rings. The Balaban J connectivity index is 1.70. The molecule has 2 heterocycles. The van der Waals surface area contributed by atoms with Crippen LogP contribution in [0.5, 0.6) is 0 Å². The predicted octanol–water partition coefficient (Wildman–Crippen LogP) is 3.97. The molecule has 1 N–H and O–H groups in total. The highest BCUT2D eigenvalue weighted by Crippen LogP contribution is 2.40. The lowest BCUT2D eigenvalue weighted by atomic mass is 9.91. The zero-order valence-electron chi connectivity index (χ0n) is 15.2. The quantitative estimate of drug-likeness (QED) is 0.738. The Morgan fingerprint density at radius 3 is 2.32 bits per heavy atom. The summed E-state index contributed by atoms with van der Waals surface area (Å²) in [6.07, 6.45) is 0.